The SMILES string of the molecule is N#Cc1cccnc1N1CCN(C(=O)c2cc(-c3cccc4ccccc34)nc3ccccc23)CC1. The number of piperazine rings is 1. The maximum Gasteiger partial charge on any atom is 0.254 e. The highest BCUT2D eigenvalue weighted by Gasteiger charge is 2.26. The highest BCUT2D eigenvalue weighted by Crippen LogP contribution is 2.31. The van der Waals surface area contributed by atoms with Crippen LogP contribution in [0.25, 0.3) is 32.9 Å². The van der Waals surface area contributed by atoms with Crippen LogP contribution in [-0.2, 0) is 0 Å². The Balaban J connectivity index is 1.35. The zero-order chi connectivity index (χ0) is 24.5. The van der Waals surface area contributed by atoms with Crippen LogP contribution in [-0.4, -0.2) is 47.0 Å². The Bertz CT molecular complexity index is 1640. The molecule has 0 spiro atoms. The molecule has 0 radical (unpaired) electrons. The standard InChI is InChI=1S/C30H23N5O/c31-20-22-9-6-14-32-29(22)34-15-17-35(18-16-34)30(36)26-19-28(33-27-13-4-3-11-25(26)27)24-12-5-8-21-7-1-2-10-23(21)24/h1-14,19H,15-18H2. The van der Waals surface area contributed by atoms with Crippen LogP contribution in [0.1, 0.15) is 15.9 Å². The average molecular weight is 470 g/mol. The van der Waals surface area contributed by atoms with Crippen molar-refractivity contribution >= 4 is 33.4 Å². The summed E-state index contributed by atoms with van der Waals surface area (Å²) in [5, 5.41) is 12.5. The zero-order valence-electron chi connectivity index (χ0n) is 19.6. The number of rotatable bonds is 3. The fourth-order valence-corrected chi connectivity index (χ4v) is 4.97. The predicted octanol–water partition coefficient (Wildman–Crippen LogP) is 5.28. The second kappa shape index (κ2) is 9.12. The van der Waals surface area contributed by atoms with Crippen molar-refractivity contribution in [2.24, 2.45) is 0 Å². The van der Waals surface area contributed by atoms with E-state index < -0.39 is 0 Å². The van der Waals surface area contributed by atoms with Crippen molar-refractivity contribution in [1.29, 1.82) is 5.26 Å². The summed E-state index contributed by atoms with van der Waals surface area (Å²) in [5.74, 6) is 0.677. The van der Waals surface area contributed by atoms with Crippen molar-refractivity contribution in [2.75, 3.05) is 31.1 Å². The van der Waals surface area contributed by atoms with Gasteiger partial charge in [0.2, 0.25) is 0 Å². The molecule has 6 rings (SSSR count). The topological polar surface area (TPSA) is 73.1 Å². The van der Waals surface area contributed by atoms with Gasteiger partial charge in [-0.15, -0.1) is 0 Å². The first-order valence-electron chi connectivity index (χ1n) is 12.0. The molecule has 36 heavy (non-hydrogen) atoms. The van der Waals surface area contributed by atoms with Gasteiger partial charge in [0.05, 0.1) is 22.3 Å². The van der Waals surface area contributed by atoms with E-state index in [0.29, 0.717) is 43.1 Å². The van der Waals surface area contributed by atoms with Gasteiger partial charge in [0.25, 0.3) is 5.91 Å². The van der Waals surface area contributed by atoms with Crippen molar-refractivity contribution in [3.8, 4) is 17.3 Å². The number of amides is 1. The van der Waals surface area contributed by atoms with E-state index in [9.17, 15) is 10.1 Å². The second-order valence-corrected chi connectivity index (χ2v) is 8.86. The van der Waals surface area contributed by atoms with E-state index in [-0.39, 0.29) is 5.91 Å². The Morgan fingerprint density at radius 1 is 0.833 bits per heavy atom. The lowest BCUT2D eigenvalue weighted by Crippen LogP contribution is -2.49. The highest BCUT2D eigenvalue weighted by molar-refractivity contribution is 6.08. The smallest absolute Gasteiger partial charge is 0.254 e. The Morgan fingerprint density at radius 2 is 1.58 bits per heavy atom. The monoisotopic (exact) mass is 469 g/mol. The molecule has 1 saturated heterocycles. The molecule has 2 aromatic heterocycles. The normalized spacial score (nSPS) is 13.6. The number of hydrogen-bond donors (Lipinski definition) is 0. The molecule has 3 aromatic carbocycles. The fourth-order valence-electron chi connectivity index (χ4n) is 4.97. The van der Waals surface area contributed by atoms with Gasteiger partial charge in [-0.1, -0.05) is 60.7 Å². The van der Waals surface area contributed by atoms with Gasteiger partial charge in [0.15, 0.2) is 0 Å². The zero-order valence-corrected chi connectivity index (χ0v) is 19.6. The van der Waals surface area contributed by atoms with Crippen molar-refractivity contribution in [2.45, 2.75) is 0 Å². The molecule has 6 nitrogen and oxygen atoms in total. The number of benzene rings is 3. The molecule has 1 aliphatic heterocycles. The van der Waals surface area contributed by atoms with E-state index in [2.05, 4.69) is 40.2 Å². The first-order valence-corrected chi connectivity index (χ1v) is 12.0. The maximum absolute atomic E-state index is 13.8. The molecule has 0 atom stereocenters. The van der Waals surface area contributed by atoms with Crippen LogP contribution in [0.3, 0.4) is 0 Å². The first-order chi connectivity index (χ1) is 17.7. The summed E-state index contributed by atoms with van der Waals surface area (Å²) in [4.78, 5) is 27.1. The number of anilines is 1. The average Bonchev–Trinajstić information content (AvgIpc) is 2.96. The third-order valence-corrected chi connectivity index (χ3v) is 6.79. The number of aromatic nitrogens is 2. The Morgan fingerprint density at radius 3 is 2.42 bits per heavy atom. The molecule has 0 bridgehead atoms. The number of nitrogens with zero attached hydrogens (tertiary/aromatic N) is 5. The minimum atomic E-state index is -0.00346. The number of hydrogen-bond acceptors (Lipinski definition) is 5. The van der Waals surface area contributed by atoms with Gasteiger partial charge >= 0.3 is 0 Å². The van der Waals surface area contributed by atoms with Crippen LogP contribution in [0.2, 0.25) is 0 Å². The summed E-state index contributed by atoms with van der Waals surface area (Å²) in [7, 11) is 0. The molecule has 1 amide bonds. The van der Waals surface area contributed by atoms with Crippen molar-refractivity contribution < 1.29 is 4.79 Å². The molecule has 1 fully saturated rings. The summed E-state index contributed by atoms with van der Waals surface area (Å²) in [6.07, 6.45) is 1.70. The van der Waals surface area contributed by atoms with Crippen molar-refractivity contribution in [1.82, 2.24) is 14.9 Å². The minimum Gasteiger partial charge on any atom is -0.352 e. The van der Waals surface area contributed by atoms with Crippen LogP contribution in [0.4, 0.5) is 5.82 Å². The van der Waals surface area contributed by atoms with Crippen molar-refractivity contribution in [3.05, 3.63) is 102 Å². The Hall–Kier alpha value is -4.76. The maximum atomic E-state index is 13.8. The lowest BCUT2D eigenvalue weighted by molar-refractivity contribution is 0.0748. The van der Waals surface area contributed by atoms with Gasteiger partial charge in [-0.25, -0.2) is 9.97 Å². The summed E-state index contributed by atoms with van der Waals surface area (Å²) >= 11 is 0. The predicted molar refractivity (Wildman–Crippen MR) is 142 cm³/mol. The molecule has 0 aliphatic carbocycles. The number of para-hydroxylation sites is 1. The van der Waals surface area contributed by atoms with E-state index in [4.69, 9.17) is 4.98 Å². The summed E-state index contributed by atoms with van der Waals surface area (Å²) < 4.78 is 0. The Kier molecular flexibility index (Phi) is 5.51. The number of fused-ring (bicyclic) bond motifs is 2. The molecule has 0 unspecified atom stereocenters. The van der Waals surface area contributed by atoms with E-state index >= 15 is 0 Å². The van der Waals surface area contributed by atoms with Gasteiger partial charge in [-0.3, -0.25) is 4.79 Å². The van der Waals surface area contributed by atoms with Crippen LogP contribution in [0, 0.1) is 11.3 Å². The minimum absolute atomic E-state index is 0.00346. The molecule has 174 valence electrons. The molecule has 6 heteroatoms. The van der Waals surface area contributed by atoms with E-state index in [0.717, 1.165) is 32.9 Å². The summed E-state index contributed by atoms with van der Waals surface area (Å²) in [5.41, 5.74) is 3.82. The molecule has 3 heterocycles. The molecular formula is C30H23N5O. The van der Waals surface area contributed by atoms with Crippen molar-refractivity contribution in [3.63, 3.8) is 0 Å². The number of pyridine rings is 2. The fraction of sp³-hybridized carbons (Fsp3) is 0.133. The van der Waals surface area contributed by atoms with Crippen LogP contribution < -0.4 is 4.90 Å². The lowest BCUT2D eigenvalue weighted by atomic mass is 9.98. The van der Waals surface area contributed by atoms with Gasteiger partial charge in [0, 0.05) is 43.3 Å². The molecule has 0 N–H and O–H groups in total. The molecule has 5 aromatic rings. The van der Waals surface area contributed by atoms with Gasteiger partial charge in [-0.05, 0) is 35.0 Å². The van der Waals surface area contributed by atoms with E-state index in [1.807, 2.05) is 53.4 Å². The summed E-state index contributed by atoms with van der Waals surface area (Å²) in [6, 6.07) is 29.9. The quantitative estimate of drug-likeness (QED) is 0.359. The third-order valence-electron chi connectivity index (χ3n) is 6.79. The van der Waals surface area contributed by atoms with E-state index in [1.165, 1.54) is 0 Å². The number of nitriles is 1. The lowest BCUT2D eigenvalue weighted by Gasteiger charge is -2.36. The van der Waals surface area contributed by atoms with Gasteiger partial charge in [0.1, 0.15) is 11.9 Å². The third kappa shape index (κ3) is 3.81. The molecule has 0 saturated carbocycles. The van der Waals surface area contributed by atoms with Crippen LogP contribution in [0.5, 0.6) is 0 Å². The summed E-state index contributed by atoms with van der Waals surface area (Å²) in [6.45, 7) is 2.36. The highest BCUT2D eigenvalue weighted by atomic mass is 16.2. The van der Waals surface area contributed by atoms with Crippen LogP contribution >= 0.6 is 0 Å². The largest absolute Gasteiger partial charge is 0.352 e. The van der Waals surface area contributed by atoms with Gasteiger partial charge < -0.3 is 9.80 Å². The number of carbonyl (C=O) groups excluding carboxylic acids is 1. The first kappa shape index (κ1) is 21.8. The second-order valence-electron chi connectivity index (χ2n) is 8.86. The molecular weight excluding hydrogens is 446 g/mol. The Labute approximate surface area is 209 Å². The number of carbonyl (C=O) groups is 1. The van der Waals surface area contributed by atoms with Crippen LogP contribution in [0.15, 0.2) is 91.1 Å². The molecule has 1 aliphatic rings. The van der Waals surface area contributed by atoms with Gasteiger partial charge in [-0.2, -0.15) is 5.26 Å². The van der Waals surface area contributed by atoms with E-state index in [1.54, 1.807) is 18.3 Å².